The fourth-order valence-electron chi connectivity index (χ4n) is 2.79. The molecule has 0 radical (unpaired) electrons. The van der Waals surface area contributed by atoms with Crippen LogP contribution >= 0.6 is 11.6 Å². The molecule has 3 rings (SSSR count). The van der Waals surface area contributed by atoms with Gasteiger partial charge in [-0.05, 0) is 43.3 Å². The highest BCUT2D eigenvalue weighted by atomic mass is 35.5. The van der Waals surface area contributed by atoms with Crippen molar-refractivity contribution in [2.24, 2.45) is 0 Å². The summed E-state index contributed by atoms with van der Waals surface area (Å²) < 4.78 is 7.24. The quantitative estimate of drug-likeness (QED) is 0.556. The lowest BCUT2D eigenvalue weighted by Crippen LogP contribution is -2.28. The number of hydrogen-bond donors (Lipinski definition) is 3. The Morgan fingerprint density at radius 1 is 1.03 bits per heavy atom. The van der Waals surface area contributed by atoms with Gasteiger partial charge in [0.25, 0.3) is 5.91 Å². The van der Waals surface area contributed by atoms with Crippen LogP contribution in [0.1, 0.15) is 17.3 Å². The second-order valence-electron chi connectivity index (χ2n) is 6.11. The Hall–Kier alpha value is -3.45. The van der Waals surface area contributed by atoms with Gasteiger partial charge in [0, 0.05) is 36.4 Å². The van der Waals surface area contributed by atoms with Crippen molar-refractivity contribution in [1.29, 1.82) is 0 Å². The third kappa shape index (κ3) is 4.89. The van der Waals surface area contributed by atoms with Gasteiger partial charge in [0.15, 0.2) is 0 Å². The van der Waals surface area contributed by atoms with Crippen molar-refractivity contribution in [3.05, 3.63) is 71.5 Å². The van der Waals surface area contributed by atoms with E-state index in [1.165, 1.54) is 7.11 Å². The number of aromatic nitrogens is 1. The van der Waals surface area contributed by atoms with Crippen LogP contribution in [0.4, 0.5) is 16.2 Å². The van der Waals surface area contributed by atoms with Gasteiger partial charge in [0.05, 0.1) is 23.4 Å². The number of nitrogens with zero attached hydrogens (tertiary/aromatic N) is 1. The van der Waals surface area contributed by atoms with Gasteiger partial charge in [-0.15, -0.1) is 0 Å². The molecule has 0 aliphatic heterocycles. The van der Waals surface area contributed by atoms with Crippen molar-refractivity contribution in [3.63, 3.8) is 0 Å². The molecule has 29 heavy (non-hydrogen) atoms. The molecule has 0 atom stereocenters. The number of methoxy groups -OCH3 is 1. The largest absolute Gasteiger partial charge is 0.496 e. The molecule has 2 aromatic carbocycles. The smallest absolute Gasteiger partial charge is 0.319 e. The zero-order chi connectivity index (χ0) is 20.8. The molecule has 1 heterocycles. The third-order valence-corrected chi connectivity index (χ3v) is 4.41. The molecule has 0 bridgehead atoms. The van der Waals surface area contributed by atoms with Crippen LogP contribution in [0.25, 0.3) is 5.69 Å². The van der Waals surface area contributed by atoms with Gasteiger partial charge in [0.1, 0.15) is 5.75 Å². The van der Waals surface area contributed by atoms with Gasteiger partial charge in [0.2, 0.25) is 0 Å². The predicted molar refractivity (Wildman–Crippen MR) is 114 cm³/mol. The number of carbonyl (C=O) groups excluding carboxylic acids is 2. The summed E-state index contributed by atoms with van der Waals surface area (Å²) in [5.41, 5.74) is 2.09. The van der Waals surface area contributed by atoms with Crippen molar-refractivity contribution < 1.29 is 14.3 Å². The maximum Gasteiger partial charge on any atom is 0.319 e. The molecule has 0 saturated heterocycles. The third-order valence-electron chi connectivity index (χ3n) is 4.11. The zero-order valence-electron chi connectivity index (χ0n) is 16.0. The molecule has 3 amide bonds. The predicted octanol–water partition coefficient (Wildman–Crippen LogP) is 4.53. The Morgan fingerprint density at radius 2 is 1.72 bits per heavy atom. The topological polar surface area (TPSA) is 84.4 Å². The van der Waals surface area contributed by atoms with Crippen LogP contribution in [0.15, 0.2) is 60.9 Å². The van der Waals surface area contributed by atoms with Crippen LogP contribution in [0, 0.1) is 0 Å². The average Bonchev–Trinajstić information content (AvgIpc) is 3.22. The number of hydrogen-bond acceptors (Lipinski definition) is 3. The van der Waals surface area contributed by atoms with E-state index in [0.29, 0.717) is 39.9 Å². The van der Waals surface area contributed by atoms with Crippen LogP contribution in [0.5, 0.6) is 5.75 Å². The number of benzene rings is 2. The number of nitrogens with one attached hydrogen (secondary N) is 3. The Kier molecular flexibility index (Phi) is 6.41. The minimum Gasteiger partial charge on any atom is -0.496 e. The minimum absolute atomic E-state index is 0.301. The summed E-state index contributed by atoms with van der Waals surface area (Å²) in [6.07, 6.45) is 3.71. The van der Waals surface area contributed by atoms with E-state index >= 15 is 0 Å². The van der Waals surface area contributed by atoms with Gasteiger partial charge in [-0.3, -0.25) is 4.79 Å². The van der Waals surface area contributed by atoms with Gasteiger partial charge < -0.3 is 25.3 Å². The second-order valence-corrected chi connectivity index (χ2v) is 6.52. The molecule has 0 fully saturated rings. The van der Waals surface area contributed by atoms with Crippen molar-refractivity contribution >= 4 is 34.9 Å². The minimum atomic E-state index is -0.377. The summed E-state index contributed by atoms with van der Waals surface area (Å²) in [4.78, 5) is 24.5. The first-order valence-electron chi connectivity index (χ1n) is 8.99. The lowest BCUT2D eigenvalue weighted by Gasteiger charge is -2.14. The van der Waals surface area contributed by atoms with E-state index in [0.717, 1.165) is 0 Å². The normalized spacial score (nSPS) is 10.3. The van der Waals surface area contributed by atoms with Gasteiger partial charge in [-0.25, -0.2) is 4.79 Å². The first-order chi connectivity index (χ1) is 14.0. The highest BCUT2D eigenvalue weighted by molar-refractivity contribution is 6.33. The molecule has 0 saturated carbocycles. The van der Waals surface area contributed by atoms with Crippen LogP contribution in [-0.2, 0) is 0 Å². The summed E-state index contributed by atoms with van der Waals surface area (Å²) in [7, 11) is 1.50. The number of amides is 3. The first kappa shape index (κ1) is 20.3. The number of halogens is 1. The molecular formula is C21H21ClN4O3. The summed E-state index contributed by atoms with van der Waals surface area (Å²) in [5.74, 6) is 0.0187. The van der Waals surface area contributed by atoms with E-state index in [1.807, 2.05) is 36.0 Å². The maximum absolute atomic E-state index is 12.8. The molecule has 3 N–H and O–H groups in total. The molecule has 7 nitrogen and oxygen atoms in total. The van der Waals surface area contributed by atoms with Gasteiger partial charge in [-0.1, -0.05) is 17.7 Å². The second kappa shape index (κ2) is 9.16. The Labute approximate surface area is 173 Å². The first-order valence-corrected chi connectivity index (χ1v) is 9.36. The maximum atomic E-state index is 12.8. The van der Waals surface area contributed by atoms with E-state index in [4.69, 9.17) is 16.3 Å². The number of rotatable bonds is 6. The Bertz CT molecular complexity index is 1020. The number of ether oxygens (including phenoxy) is 1. The van der Waals surface area contributed by atoms with E-state index in [9.17, 15) is 9.59 Å². The Balaban J connectivity index is 1.82. The van der Waals surface area contributed by atoms with Crippen LogP contribution in [-0.4, -0.2) is 30.2 Å². The van der Waals surface area contributed by atoms with Crippen molar-refractivity contribution in [2.75, 3.05) is 24.3 Å². The standard InChI is InChI=1S/C21H21ClN4O3/c1-3-23-21(28)25-15-8-6-7-14(11-15)24-20(27)16-12-17(22)18(13-19(16)29-2)26-9-4-5-10-26/h4-13H,3H2,1-2H3,(H,24,27)(H2,23,25,28). The number of anilines is 2. The monoisotopic (exact) mass is 412 g/mol. The zero-order valence-corrected chi connectivity index (χ0v) is 16.8. The van der Waals surface area contributed by atoms with Crippen LogP contribution in [0.2, 0.25) is 5.02 Å². The van der Waals surface area contributed by atoms with Crippen LogP contribution in [0.3, 0.4) is 0 Å². The van der Waals surface area contributed by atoms with E-state index in [2.05, 4.69) is 16.0 Å². The van der Waals surface area contributed by atoms with Crippen molar-refractivity contribution in [1.82, 2.24) is 9.88 Å². The van der Waals surface area contributed by atoms with E-state index < -0.39 is 0 Å². The summed E-state index contributed by atoms with van der Waals surface area (Å²) in [6.45, 7) is 2.35. The molecule has 0 spiro atoms. The lowest BCUT2D eigenvalue weighted by molar-refractivity contribution is 0.102. The van der Waals surface area contributed by atoms with Gasteiger partial charge in [-0.2, -0.15) is 0 Å². The molecule has 150 valence electrons. The molecule has 0 aliphatic rings. The Morgan fingerprint density at radius 3 is 2.38 bits per heavy atom. The van der Waals surface area contributed by atoms with E-state index in [-0.39, 0.29) is 11.9 Å². The molecule has 0 unspecified atom stereocenters. The van der Waals surface area contributed by atoms with Crippen LogP contribution < -0.4 is 20.7 Å². The number of carbonyl (C=O) groups is 2. The number of urea groups is 1. The molecule has 1 aromatic heterocycles. The average molecular weight is 413 g/mol. The van der Waals surface area contributed by atoms with Gasteiger partial charge >= 0.3 is 6.03 Å². The van der Waals surface area contributed by atoms with Crippen molar-refractivity contribution in [2.45, 2.75) is 6.92 Å². The fraction of sp³-hybridized carbons (Fsp3) is 0.143. The summed E-state index contributed by atoms with van der Waals surface area (Å²) in [6, 6.07) is 13.6. The van der Waals surface area contributed by atoms with Crippen molar-refractivity contribution in [3.8, 4) is 11.4 Å². The molecule has 3 aromatic rings. The summed E-state index contributed by atoms with van der Waals surface area (Å²) >= 11 is 6.40. The lowest BCUT2D eigenvalue weighted by atomic mass is 10.1. The highest BCUT2D eigenvalue weighted by Gasteiger charge is 2.17. The molecular weight excluding hydrogens is 392 g/mol. The molecule has 0 aliphatic carbocycles. The highest BCUT2D eigenvalue weighted by Crippen LogP contribution is 2.30. The van der Waals surface area contributed by atoms with E-state index in [1.54, 1.807) is 36.4 Å². The fourth-order valence-corrected chi connectivity index (χ4v) is 3.05. The summed E-state index contributed by atoms with van der Waals surface area (Å²) in [5, 5.41) is 8.57. The SMILES string of the molecule is CCNC(=O)Nc1cccc(NC(=O)c2cc(Cl)c(-n3cccc3)cc2OC)c1. The molecule has 8 heteroatoms.